The summed E-state index contributed by atoms with van der Waals surface area (Å²) in [5.74, 6) is 0.00848. The predicted octanol–water partition coefficient (Wildman–Crippen LogP) is 5.47. The van der Waals surface area contributed by atoms with Crippen molar-refractivity contribution in [1.29, 1.82) is 5.26 Å². The van der Waals surface area contributed by atoms with E-state index in [1.165, 1.54) is 11.3 Å². The number of piperidine rings is 1. The van der Waals surface area contributed by atoms with E-state index in [0.29, 0.717) is 47.0 Å². The molecule has 2 fully saturated rings. The van der Waals surface area contributed by atoms with Crippen molar-refractivity contribution in [2.24, 2.45) is 10.9 Å². The van der Waals surface area contributed by atoms with Gasteiger partial charge in [-0.25, -0.2) is 14.6 Å². The smallest absolute Gasteiger partial charge is 0.410 e. The highest BCUT2D eigenvalue weighted by atomic mass is 32.1. The van der Waals surface area contributed by atoms with Crippen LogP contribution in [0.5, 0.6) is 11.6 Å². The minimum atomic E-state index is -1.10. The van der Waals surface area contributed by atoms with E-state index >= 15 is 0 Å². The molecule has 2 saturated heterocycles. The van der Waals surface area contributed by atoms with Crippen LogP contribution in [-0.2, 0) is 26.2 Å². The summed E-state index contributed by atoms with van der Waals surface area (Å²) in [6.45, 7) is 14.3. The van der Waals surface area contributed by atoms with Crippen LogP contribution < -0.4 is 20.9 Å². The Morgan fingerprint density at radius 3 is 2.52 bits per heavy atom. The number of likely N-dealkylation sites (N-methyl/N-ethyl adjacent to an activating group) is 1. The molecule has 272 valence electrons. The zero-order chi connectivity index (χ0) is 36.5. The van der Waals surface area contributed by atoms with E-state index in [-0.39, 0.29) is 48.0 Å². The van der Waals surface area contributed by atoms with Crippen molar-refractivity contribution in [3.8, 4) is 17.7 Å². The fraction of sp³-hybridized carbons (Fsp3) is 0.639. The zero-order valence-electron chi connectivity index (χ0n) is 30.4. The lowest BCUT2D eigenvalue weighted by atomic mass is 9.72. The van der Waals surface area contributed by atoms with Gasteiger partial charge in [-0.2, -0.15) is 5.26 Å². The minimum Gasteiger partial charge on any atom is -0.490 e. The number of nitrogen functional groups attached to an aromatic ring is 1. The van der Waals surface area contributed by atoms with E-state index < -0.39 is 17.0 Å². The van der Waals surface area contributed by atoms with Crippen molar-refractivity contribution >= 4 is 34.2 Å². The number of oxime groups is 1. The molecule has 14 heteroatoms. The monoisotopic (exact) mass is 709 g/mol. The summed E-state index contributed by atoms with van der Waals surface area (Å²) < 4.78 is 18.6. The molecule has 0 radical (unpaired) electrons. The van der Waals surface area contributed by atoms with Crippen molar-refractivity contribution < 1.29 is 28.6 Å². The van der Waals surface area contributed by atoms with Gasteiger partial charge in [0.15, 0.2) is 5.84 Å². The fourth-order valence-electron chi connectivity index (χ4n) is 7.56. The maximum Gasteiger partial charge on any atom is 0.410 e. The zero-order valence-corrected chi connectivity index (χ0v) is 31.3. The van der Waals surface area contributed by atoms with Gasteiger partial charge in [0.1, 0.15) is 40.3 Å². The van der Waals surface area contributed by atoms with Crippen LogP contribution in [0.2, 0.25) is 0 Å². The first-order valence-corrected chi connectivity index (χ1v) is 18.3. The van der Waals surface area contributed by atoms with E-state index in [2.05, 4.69) is 28.2 Å². The quantitative estimate of drug-likeness (QED) is 0.154. The second-order valence-corrected chi connectivity index (χ2v) is 16.3. The topological polar surface area (TPSA) is 179 Å². The Kier molecular flexibility index (Phi) is 10.9. The Morgan fingerprint density at radius 1 is 1.20 bits per heavy atom. The Hall–Kier alpha value is -4.09. The van der Waals surface area contributed by atoms with Gasteiger partial charge in [-0.1, -0.05) is 5.16 Å². The van der Waals surface area contributed by atoms with Gasteiger partial charge in [-0.05, 0) is 94.2 Å². The average Bonchev–Trinajstić information content (AvgIpc) is 3.60. The number of aryl methyl sites for hydroxylation is 1. The molecule has 1 aliphatic carbocycles. The molecule has 0 saturated carbocycles. The third-order valence-electron chi connectivity index (χ3n) is 9.96. The molecule has 2 aliphatic heterocycles. The Morgan fingerprint density at radius 2 is 1.90 bits per heavy atom. The van der Waals surface area contributed by atoms with E-state index in [0.717, 1.165) is 37.1 Å². The number of amides is 1. The number of pyridine rings is 1. The van der Waals surface area contributed by atoms with E-state index in [1.807, 2.05) is 41.5 Å². The molecule has 0 aromatic carbocycles. The third kappa shape index (κ3) is 7.94. The number of ether oxygens (including phenoxy) is 3. The number of carbonyl (C=O) groups is 2. The van der Waals surface area contributed by atoms with Gasteiger partial charge in [0.2, 0.25) is 5.88 Å². The summed E-state index contributed by atoms with van der Waals surface area (Å²) in [5.41, 5.74) is 12.0. The predicted molar refractivity (Wildman–Crippen MR) is 191 cm³/mol. The largest absolute Gasteiger partial charge is 0.490 e. The van der Waals surface area contributed by atoms with E-state index in [9.17, 15) is 14.9 Å². The first-order chi connectivity index (χ1) is 23.5. The van der Waals surface area contributed by atoms with E-state index in [1.54, 1.807) is 24.0 Å². The molecular formula is C36H51N7O6S. The summed E-state index contributed by atoms with van der Waals surface area (Å²) in [7, 11) is 2.08. The molecule has 0 unspecified atom stereocenters. The second kappa shape index (κ2) is 14.6. The maximum atomic E-state index is 13.6. The third-order valence-corrected chi connectivity index (χ3v) is 11.0. The van der Waals surface area contributed by atoms with Crippen LogP contribution in [0, 0.1) is 11.3 Å². The Balaban J connectivity index is 1.38. The van der Waals surface area contributed by atoms with E-state index in [4.69, 9.17) is 30.5 Å². The molecular weight excluding hydrogens is 659 g/mol. The van der Waals surface area contributed by atoms with Gasteiger partial charge < -0.3 is 35.4 Å². The van der Waals surface area contributed by atoms with Crippen molar-refractivity contribution in [2.45, 2.75) is 135 Å². The number of hydrogen-bond acceptors (Lipinski definition) is 12. The fourth-order valence-corrected chi connectivity index (χ4v) is 8.75. The SMILES string of the molecule is C[C@H](Oc1cc(OC2C[C@@H](C)N(C(=O)OC(C)(C)C)[C@H](C)C2)cc(/C(N)=N/OC(=O)[C@@]2(C)CCCc3sc(N)c(C#N)c32)n1)[C@@H]1CCCN1C. The first-order valence-electron chi connectivity index (χ1n) is 17.4. The van der Waals surface area contributed by atoms with Gasteiger partial charge >= 0.3 is 12.1 Å². The summed E-state index contributed by atoms with van der Waals surface area (Å²) >= 11 is 1.34. The van der Waals surface area contributed by atoms with Crippen molar-refractivity contribution in [2.75, 3.05) is 19.3 Å². The number of fused-ring (bicyclic) bond motifs is 1. The normalized spacial score (nSPS) is 26.5. The van der Waals surface area contributed by atoms with Crippen molar-refractivity contribution in [1.82, 2.24) is 14.8 Å². The maximum absolute atomic E-state index is 13.6. The van der Waals surface area contributed by atoms with Gasteiger partial charge in [0.25, 0.3) is 0 Å². The van der Waals surface area contributed by atoms with Gasteiger partial charge in [0.05, 0.1) is 11.0 Å². The molecule has 5 rings (SSSR count). The molecule has 13 nitrogen and oxygen atoms in total. The number of amidine groups is 1. The number of nitrogens with two attached hydrogens (primary N) is 2. The molecule has 3 aliphatic rings. The number of carbonyl (C=O) groups excluding carboxylic acids is 2. The number of rotatable bonds is 8. The minimum absolute atomic E-state index is 0.124. The lowest BCUT2D eigenvalue weighted by Crippen LogP contribution is -2.53. The molecule has 5 atom stereocenters. The lowest BCUT2D eigenvalue weighted by molar-refractivity contribution is -0.150. The van der Waals surface area contributed by atoms with Gasteiger partial charge in [0, 0.05) is 53.5 Å². The van der Waals surface area contributed by atoms with Crippen LogP contribution in [0.15, 0.2) is 17.3 Å². The molecule has 4 N–H and O–H groups in total. The summed E-state index contributed by atoms with van der Waals surface area (Å²) in [6, 6.07) is 5.52. The van der Waals surface area contributed by atoms with Crippen LogP contribution in [0.1, 0.15) is 109 Å². The molecule has 4 heterocycles. The lowest BCUT2D eigenvalue weighted by Gasteiger charge is -2.42. The average molecular weight is 710 g/mol. The number of thiophene rings is 1. The number of likely N-dealkylation sites (tertiary alicyclic amines) is 2. The van der Waals surface area contributed by atoms with Crippen LogP contribution in [-0.4, -0.2) is 82.2 Å². The van der Waals surface area contributed by atoms with Crippen LogP contribution >= 0.6 is 11.3 Å². The van der Waals surface area contributed by atoms with Crippen molar-refractivity contribution in [3.63, 3.8) is 0 Å². The second-order valence-electron chi connectivity index (χ2n) is 15.1. The highest BCUT2D eigenvalue weighted by molar-refractivity contribution is 7.16. The van der Waals surface area contributed by atoms with Gasteiger partial charge in [-0.15, -0.1) is 11.3 Å². The van der Waals surface area contributed by atoms with Crippen LogP contribution in [0.4, 0.5) is 9.80 Å². The summed E-state index contributed by atoms with van der Waals surface area (Å²) in [5, 5.41) is 14.2. The summed E-state index contributed by atoms with van der Waals surface area (Å²) in [4.78, 5) is 41.6. The van der Waals surface area contributed by atoms with Crippen molar-refractivity contribution in [3.05, 3.63) is 33.8 Å². The highest BCUT2D eigenvalue weighted by Gasteiger charge is 2.45. The molecule has 2 aromatic rings. The summed E-state index contributed by atoms with van der Waals surface area (Å²) in [6.07, 6.45) is 4.51. The number of nitrogens with zero attached hydrogens (tertiary/aromatic N) is 5. The Bertz CT molecular complexity index is 1650. The number of aromatic nitrogens is 1. The Labute approximate surface area is 298 Å². The van der Waals surface area contributed by atoms with Crippen LogP contribution in [0.3, 0.4) is 0 Å². The number of nitriles is 1. The number of anilines is 1. The van der Waals surface area contributed by atoms with Crippen LogP contribution in [0.25, 0.3) is 0 Å². The first kappa shape index (κ1) is 37.2. The molecule has 50 heavy (non-hydrogen) atoms. The highest BCUT2D eigenvalue weighted by Crippen LogP contribution is 2.46. The standard InChI is InChI=1S/C36H51N7O6S/c1-20-15-23(16-21(2)43(20)34(45)48-35(4,5)6)47-24-17-26(40-29(18-24)46-22(3)27-11-10-14-42(27)8)31(38)41-49-33(44)36(7)13-9-12-28-30(36)25(19-37)32(39)50-28/h17-18,20-23,27H,9-16,39H2,1-8H3,(H2,38,41)/t20-,21-,22+,27+,36+/m1/s1. The number of hydrogen-bond donors (Lipinski definition) is 2. The molecule has 0 bridgehead atoms. The molecule has 0 spiro atoms. The molecule has 1 amide bonds. The molecule has 2 aromatic heterocycles. The van der Waals surface area contributed by atoms with Gasteiger partial charge in [-0.3, -0.25) is 4.90 Å².